The zero-order chi connectivity index (χ0) is 11.0. The quantitative estimate of drug-likeness (QED) is 0.755. The first kappa shape index (κ1) is 9.54. The van der Waals surface area contributed by atoms with Crippen molar-refractivity contribution >= 4 is 22.9 Å². The van der Waals surface area contributed by atoms with E-state index in [2.05, 4.69) is 10.3 Å². The van der Waals surface area contributed by atoms with Gasteiger partial charge in [-0.1, -0.05) is 0 Å². The molecule has 0 bridgehead atoms. The average Bonchev–Trinajstić information content (AvgIpc) is 2.74. The topological polar surface area (TPSA) is 42.0 Å². The van der Waals surface area contributed by atoms with Crippen molar-refractivity contribution < 1.29 is 4.79 Å². The number of aromatic nitrogens is 1. The van der Waals surface area contributed by atoms with E-state index in [4.69, 9.17) is 0 Å². The highest BCUT2D eigenvalue weighted by Gasteiger charge is 2.18. The molecule has 0 spiro atoms. The number of hydrogen-bond acceptors (Lipinski definition) is 3. The number of nitrogens with zero attached hydrogens (tertiary/aromatic N) is 1. The first-order chi connectivity index (χ1) is 7.84. The molecule has 1 aliphatic heterocycles. The number of thiophene rings is 1. The first-order valence-electron chi connectivity index (χ1n) is 5.16. The van der Waals surface area contributed by atoms with Crippen LogP contribution in [-0.2, 0) is 12.8 Å². The SMILES string of the molecule is O=C1Nc2cccnc2CCc2ccsc21. The van der Waals surface area contributed by atoms with Crippen LogP contribution in [0.4, 0.5) is 5.69 Å². The van der Waals surface area contributed by atoms with Crippen molar-refractivity contribution in [3.63, 3.8) is 0 Å². The van der Waals surface area contributed by atoms with Crippen molar-refractivity contribution in [3.8, 4) is 0 Å². The molecular weight excluding hydrogens is 220 g/mol. The van der Waals surface area contributed by atoms with Crippen LogP contribution in [0.1, 0.15) is 20.9 Å². The van der Waals surface area contributed by atoms with Crippen LogP contribution in [0.3, 0.4) is 0 Å². The Morgan fingerprint density at radius 1 is 1.31 bits per heavy atom. The Bertz CT molecular complexity index is 547. The van der Waals surface area contributed by atoms with Gasteiger partial charge in [0, 0.05) is 6.20 Å². The van der Waals surface area contributed by atoms with Crippen molar-refractivity contribution in [1.82, 2.24) is 4.98 Å². The third-order valence-corrected chi connectivity index (χ3v) is 3.68. The zero-order valence-corrected chi connectivity index (χ0v) is 9.38. The number of anilines is 1. The third kappa shape index (κ3) is 1.51. The summed E-state index contributed by atoms with van der Waals surface area (Å²) in [5, 5.41) is 4.88. The second kappa shape index (κ2) is 3.72. The van der Waals surface area contributed by atoms with Gasteiger partial charge in [0.05, 0.1) is 16.3 Å². The molecule has 0 saturated carbocycles. The molecule has 0 fully saturated rings. The number of pyridine rings is 1. The van der Waals surface area contributed by atoms with E-state index in [-0.39, 0.29) is 5.91 Å². The molecule has 2 aromatic rings. The van der Waals surface area contributed by atoms with E-state index in [1.54, 1.807) is 6.20 Å². The Morgan fingerprint density at radius 2 is 2.25 bits per heavy atom. The Balaban J connectivity index is 2.06. The number of carbonyl (C=O) groups is 1. The lowest BCUT2D eigenvalue weighted by molar-refractivity contribution is 0.102. The molecule has 80 valence electrons. The summed E-state index contributed by atoms with van der Waals surface area (Å²) in [7, 11) is 0. The maximum absolute atomic E-state index is 12.0. The van der Waals surface area contributed by atoms with Gasteiger partial charge >= 0.3 is 0 Å². The fourth-order valence-corrected chi connectivity index (χ4v) is 2.76. The lowest BCUT2D eigenvalue weighted by atomic mass is 10.1. The zero-order valence-electron chi connectivity index (χ0n) is 8.56. The average molecular weight is 230 g/mol. The van der Waals surface area contributed by atoms with Crippen LogP contribution in [0.15, 0.2) is 29.8 Å². The molecular formula is C12H10N2OS. The Labute approximate surface area is 97.1 Å². The van der Waals surface area contributed by atoms with Gasteiger partial charge < -0.3 is 5.32 Å². The van der Waals surface area contributed by atoms with Crippen LogP contribution >= 0.6 is 11.3 Å². The molecule has 3 heterocycles. The van der Waals surface area contributed by atoms with Gasteiger partial charge in [0.1, 0.15) is 0 Å². The Kier molecular flexibility index (Phi) is 2.22. The molecule has 4 heteroatoms. The third-order valence-electron chi connectivity index (χ3n) is 2.72. The number of amides is 1. The second-order valence-electron chi connectivity index (χ2n) is 3.73. The fourth-order valence-electron chi connectivity index (χ4n) is 1.91. The lowest BCUT2D eigenvalue weighted by Gasteiger charge is -2.13. The Morgan fingerprint density at radius 3 is 3.19 bits per heavy atom. The van der Waals surface area contributed by atoms with Crippen LogP contribution in [0.5, 0.6) is 0 Å². The molecule has 0 saturated heterocycles. The fraction of sp³-hybridized carbons (Fsp3) is 0.167. The minimum Gasteiger partial charge on any atom is -0.320 e. The molecule has 0 aromatic carbocycles. The second-order valence-corrected chi connectivity index (χ2v) is 4.64. The number of rotatable bonds is 0. The van der Waals surface area contributed by atoms with Gasteiger partial charge in [-0.25, -0.2) is 0 Å². The van der Waals surface area contributed by atoms with E-state index in [1.165, 1.54) is 11.3 Å². The normalized spacial score (nSPS) is 14.4. The predicted molar refractivity (Wildman–Crippen MR) is 63.9 cm³/mol. The van der Waals surface area contributed by atoms with Crippen LogP contribution in [0.25, 0.3) is 0 Å². The largest absolute Gasteiger partial charge is 0.320 e. The molecule has 2 aromatic heterocycles. The van der Waals surface area contributed by atoms with Crippen molar-refractivity contribution in [2.24, 2.45) is 0 Å². The maximum atomic E-state index is 12.0. The first-order valence-corrected chi connectivity index (χ1v) is 6.04. The predicted octanol–water partition coefficient (Wildman–Crippen LogP) is 2.49. The Hall–Kier alpha value is -1.68. The number of hydrogen-bond donors (Lipinski definition) is 1. The molecule has 1 N–H and O–H groups in total. The van der Waals surface area contributed by atoms with E-state index >= 15 is 0 Å². The molecule has 3 nitrogen and oxygen atoms in total. The molecule has 16 heavy (non-hydrogen) atoms. The van der Waals surface area contributed by atoms with Crippen molar-refractivity contribution in [3.05, 3.63) is 45.9 Å². The molecule has 1 amide bonds. The highest BCUT2D eigenvalue weighted by Crippen LogP contribution is 2.25. The summed E-state index contributed by atoms with van der Waals surface area (Å²) in [6, 6.07) is 5.77. The standard InChI is InChI=1S/C12H10N2OS/c15-12-11-8(5-7-16-11)3-4-9-10(14-12)2-1-6-13-9/h1-2,5-7H,3-4H2,(H,14,15). The van der Waals surface area contributed by atoms with Gasteiger partial charge in [-0.05, 0) is 42.0 Å². The molecule has 0 unspecified atom stereocenters. The minimum absolute atomic E-state index is 0.0149. The van der Waals surface area contributed by atoms with Crippen LogP contribution < -0.4 is 5.32 Å². The summed E-state index contributed by atoms with van der Waals surface area (Å²) in [5.41, 5.74) is 2.93. The number of nitrogens with one attached hydrogen (secondary N) is 1. The minimum atomic E-state index is -0.0149. The number of carbonyl (C=O) groups excluding carboxylic acids is 1. The van der Waals surface area contributed by atoms with Gasteiger partial charge in [-0.3, -0.25) is 9.78 Å². The van der Waals surface area contributed by atoms with Crippen LogP contribution in [0.2, 0.25) is 0 Å². The smallest absolute Gasteiger partial charge is 0.266 e. The number of aryl methyl sites for hydroxylation is 2. The summed E-state index contributed by atoms with van der Waals surface area (Å²) in [5.74, 6) is -0.0149. The van der Waals surface area contributed by atoms with Crippen molar-refractivity contribution in [2.45, 2.75) is 12.8 Å². The van der Waals surface area contributed by atoms with Gasteiger partial charge in [-0.2, -0.15) is 0 Å². The van der Waals surface area contributed by atoms with Gasteiger partial charge in [0.2, 0.25) is 0 Å². The van der Waals surface area contributed by atoms with Crippen molar-refractivity contribution in [1.29, 1.82) is 0 Å². The van der Waals surface area contributed by atoms with E-state index < -0.39 is 0 Å². The van der Waals surface area contributed by atoms with E-state index in [9.17, 15) is 4.79 Å². The summed E-state index contributed by atoms with van der Waals surface area (Å²) in [6.45, 7) is 0. The monoisotopic (exact) mass is 230 g/mol. The van der Waals surface area contributed by atoms with Gasteiger partial charge in [0.25, 0.3) is 5.91 Å². The van der Waals surface area contributed by atoms with Crippen LogP contribution in [-0.4, -0.2) is 10.9 Å². The van der Waals surface area contributed by atoms with E-state index in [0.717, 1.165) is 34.7 Å². The van der Waals surface area contributed by atoms with E-state index in [1.807, 2.05) is 23.6 Å². The van der Waals surface area contributed by atoms with Crippen LogP contribution in [0, 0.1) is 0 Å². The van der Waals surface area contributed by atoms with Gasteiger partial charge in [0.15, 0.2) is 0 Å². The number of fused-ring (bicyclic) bond motifs is 2. The maximum Gasteiger partial charge on any atom is 0.266 e. The molecule has 0 aliphatic carbocycles. The highest BCUT2D eigenvalue weighted by molar-refractivity contribution is 7.12. The summed E-state index contributed by atoms with van der Waals surface area (Å²) in [6.07, 6.45) is 3.53. The highest BCUT2D eigenvalue weighted by atomic mass is 32.1. The summed E-state index contributed by atoms with van der Waals surface area (Å²) >= 11 is 1.50. The van der Waals surface area contributed by atoms with E-state index in [0.29, 0.717) is 0 Å². The molecule has 3 rings (SSSR count). The molecule has 0 atom stereocenters. The summed E-state index contributed by atoms with van der Waals surface area (Å²) < 4.78 is 0. The van der Waals surface area contributed by atoms with Crippen molar-refractivity contribution in [2.75, 3.05) is 5.32 Å². The molecule has 0 radical (unpaired) electrons. The summed E-state index contributed by atoms with van der Waals surface area (Å²) in [4.78, 5) is 17.1. The lowest BCUT2D eigenvalue weighted by Crippen LogP contribution is -2.17. The van der Waals surface area contributed by atoms with Gasteiger partial charge in [-0.15, -0.1) is 11.3 Å². The molecule has 1 aliphatic rings.